The van der Waals surface area contributed by atoms with Crippen LogP contribution in [0.3, 0.4) is 0 Å². The number of benzene rings is 1. The Morgan fingerprint density at radius 3 is 2.50 bits per heavy atom. The summed E-state index contributed by atoms with van der Waals surface area (Å²) in [5.41, 5.74) is 0.528. The van der Waals surface area contributed by atoms with Crippen LogP contribution in [0.5, 0.6) is 0 Å². The first-order valence-electron chi connectivity index (χ1n) is 5.83. The fraction of sp³-hybridized carbons (Fsp3) is 0.500. The van der Waals surface area contributed by atoms with E-state index < -0.39 is 21.9 Å². The quantitative estimate of drug-likeness (QED) is 0.790. The van der Waals surface area contributed by atoms with E-state index in [4.69, 9.17) is 0 Å². The average Bonchev–Trinajstić information content (AvgIpc) is 2.31. The summed E-state index contributed by atoms with van der Waals surface area (Å²) in [6.45, 7) is 2.04. The van der Waals surface area contributed by atoms with E-state index in [1.807, 2.05) is 6.92 Å². The SMILES string of the molecule is CCC(O)CCNS(=O)(=O)Cc1ccc(F)cc1. The molecule has 0 radical (unpaired) electrons. The summed E-state index contributed by atoms with van der Waals surface area (Å²) < 4.78 is 38.4. The van der Waals surface area contributed by atoms with Crippen molar-refractivity contribution in [2.75, 3.05) is 6.54 Å². The summed E-state index contributed by atoms with van der Waals surface area (Å²) in [7, 11) is -3.43. The molecule has 102 valence electrons. The van der Waals surface area contributed by atoms with Crippen molar-refractivity contribution in [1.29, 1.82) is 0 Å². The van der Waals surface area contributed by atoms with Crippen molar-refractivity contribution in [2.24, 2.45) is 0 Å². The van der Waals surface area contributed by atoms with E-state index in [9.17, 15) is 17.9 Å². The van der Waals surface area contributed by atoms with Gasteiger partial charge in [-0.05, 0) is 30.5 Å². The Kier molecular flexibility index (Phi) is 5.71. The Bertz CT molecular complexity index is 459. The number of rotatable bonds is 7. The molecule has 0 amide bonds. The van der Waals surface area contributed by atoms with Gasteiger partial charge in [0.1, 0.15) is 5.82 Å². The summed E-state index contributed by atoms with van der Waals surface area (Å²) in [5, 5.41) is 9.30. The molecule has 0 fully saturated rings. The third-order valence-electron chi connectivity index (χ3n) is 2.54. The van der Waals surface area contributed by atoms with Gasteiger partial charge in [-0.3, -0.25) is 0 Å². The number of halogens is 1. The minimum Gasteiger partial charge on any atom is -0.393 e. The van der Waals surface area contributed by atoms with Gasteiger partial charge in [0.2, 0.25) is 10.0 Å². The number of nitrogens with one attached hydrogen (secondary N) is 1. The molecule has 1 aromatic rings. The normalized spacial score (nSPS) is 13.5. The second kappa shape index (κ2) is 6.82. The van der Waals surface area contributed by atoms with E-state index in [0.29, 0.717) is 18.4 Å². The molecule has 4 nitrogen and oxygen atoms in total. The van der Waals surface area contributed by atoms with Crippen molar-refractivity contribution in [2.45, 2.75) is 31.6 Å². The zero-order valence-corrected chi connectivity index (χ0v) is 11.1. The van der Waals surface area contributed by atoms with Crippen LogP contribution in [0, 0.1) is 5.82 Å². The first-order chi connectivity index (χ1) is 8.43. The molecule has 0 aliphatic rings. The molecule has 18 heavy (non-hydrogen) atoms. The van der Waals surface area contributed by atoms with Crippen molar-refractivity contribution in [3.63, 3.8) is 0 Å². The highest BCUT2D eigenvalue weighted by Crippen LogP contribution is 2.07. The molecule has 2 N–H and O–H groups in total. The third-order valence-corrected chi connectivity index (χ3v) is 3.90. The maximum absolute atomic E-state index is 12.7. The van der Waals surface area contributed by atoms with Gasteiger partial charge in [-0.1, -0.05) is 19.1 Å². The van der Waals surface area contributed by atoms with Crippen molar-refractivity contribution in [3.8, 4) is 0 Å². The molecule has 0 aromatic heterocycles. The van der Waals surface area contributed by atoms with Crippen LogP contribution in [-0.2, 0) is 15.8 Å². The van der Waals surface area contributed by atoms with Crippen LogP contribution in [0.15, 0.2) is 24.3 Å². The summed E-state index contributed by atoms with van der Waals surface area (Å²) in [6.07, 6.45) is 0.497. The standard InChI is InChI=1S/C12H18FNO3S/c1-2-12(15)7-8-14-18(16,17)9-10-3-5-11(13)6-4-10/h3-6,12,14-15H,2,7-9H2,1H3. The van der Waals surface area contributed by atoms with E-state index in [1.165, 1.54) is 24.3 Å². The Morgan fingerprint density at radius 1 is 1.33 bits per heavy atom. The number of hydrogen-bond acceptors (Lipinski definition) is 3. The summed E-state index contributed by atoms with van der Waals surface area (Å²) in [5.74, 6) is -0.578. The maximum Gasteiger partial charge on any atom is 0.215 e. The van der Waals surface area contributed by atoms with Gasteiger partial charge in [-0.25, -0.2) is 17.5 Å². The van der Waals surface area contributed by atoms with Crippen LogP contribution in [0.1, 0.15) is 25.3 Å². The number of aliphatic hydroxyl groups is 1. The minimum absolute atomic E-state index is 0.185. The summed E-state index contributed by atoms with van der Waals surface area (Å²) in [4.78, 5) is 0. The zero-order valence-electron chi connectivity index (χ0n) is 10.3. The van der Waals surface area contributed by atoms with Crippen LogP contribution in [-0.4, -0.2) is 26.2 Å². The highest BCUT2D eigenvalue weighted by Gasteiger charge is 2.11. The van der Waals surface area contributed by atoms with Crippen LogP contribution in [0.4, 0.5) is 4.39 Å². The first-order valence-corrected chi connectivity index (χ1v) is 7.48. The van der Waals surface area contributed by atoms with Gasteiger partial charge in [0.25, 0.3) is 0 Å². The fourth-order valence-electron chi connectivity index (χ4n) is 1.44. The van der Waals surface area contributed by atoms with Crippen molar-refractivity contribution in [1.82, 2.24) is 4.72 Å². The van der Waals surface area contributed by atoms with Gasteiger partial charge < -0.3 is 5.11 Å². The molecule has 0 heterocycles. The van der Waals surface area contributed by atoms with E-state index in [1.54, 1.807) is 0 Å². The average molecular weight is 275 g/mol. The molecule has 0 spiro atoms. The van der Waals surface area contributed by atoms with E-state index in [-0.39, 0.29) is 12.3 Å². The zero-order chi connectivity index (χ0) is 13.6. The Balaban J connectivity index is 2.47. The van der Waals surface area contributed by atoms with E-state index >= 15 is 0 Å². The Labute approximate surface area is 107 Å². The summed E-state index contributed by atoms with van der Waals surface area (Å²) >= 11 is 0. The minimum atomic E-state index is -3.43. The highest BCUT2D eigenvalue weighted by atomic mass is 32.2. The van der Waals surface area contributed by atoms with Gasteiger partial charge >= 0.3 is 0 Å². The molecular formula is C12H18FNO3S. The lowest BCUT2D eigenvalue weighted by molar-refractivity contribution is 0.162. The van der Waals surface area contributed by atoms with Crippen LogP contribution < -0.4 is 4.72 Å². The molecule has 6 heteroatoms. The van der Waals surface area contributed by atoms with Gasteiger partial charge in [0, 0.05) is 6.54 Å². The smallest absolute Gasteiger partial charge is 0.215 e. The van der Waals surface area contributed by atoms with Crippen LogP contribution >= 0.6 is 0 Å². The Hall–Kier alpha value is -0.980. The van der Waals surface area contributed by atoms with Crippen LogP contribution in [0.2, 0.25) is 0 Å². The Morgan fingerprint density at radius 2 is 1.94 bits per heavy atom. The van der Waals surface area contributed by atoms with Crippen molar-refractivity contribution >= 4 is 10.0 Å². The molecule has 0 aliphatic heterocycles. The van der Waals surface area contributed by atoms with Gasteiger partial charge in [0.05, 0.1) is 11.9 Å². The molecule has 1 atom stereocenters. The lowest BCUT2D eigenvalue weighted by Gasteiger charge is -2.09. The lowest BCUT2D eigenvalue weighted by Crippen LogP contribution is -2.28. The van der Waals surface area contributed by atoms with E-state index in [2.05, 4.69) is 4.72 Å². The molecule has 0 bridgehead atoms. The second-order valence-corrected chi connectivity index (χ2v) is 5.94. The van der Waals surface area contributed by atoms with Crippen LogP contribution in [0.25, 0.3) is 0 Å². The second-order valence-electron chi connectivity index (χ2n) is 4.13. The molecule has 1 unspecified atom stereocenters. The molecule has 1 aromatic carbocycles. The first kappa shape index (κ1) is 15.1. The largest absolute Gasteiger partial charge is 0.393 e. The van der Waals surface area contributed by atoms with Crippen molar-refractivity contribution in [3.05, 3.63) is 35.6 Å². The maximum atomic E-state index is 12.7. The number of sulfonamides is 1. The lowest BCUT2D eigenvalue weighted by atomic mass is 10.2. The summed E-state index contributed by atoms with van der Waals surface area (Å²) in [6, 6.07) is 5.34. The molecule has 0 saturated heterocycles. The number of hydrogen-bond donors (Lipinski definition) is 2. The van der Waals surface area contributed by atoms with Gasteiger partial charge in [0.15, 0.2) is 0 Å². The predicted octanol–water partition coefficient (Wildman–Crippen LogP) is 1.41. The molecule has 0 saturated carbocycles. The monoisotopic (exact) mass is 275 g/mol. The van der Waals surface area contributed by atoms with Gasteiger partial charge in [-0.2, -0.15) is 0 Å². The molecule has 0 aliphatic carbocycles. The van der Waals surface area contributed by atoms with Crippen molar-refractivity contribution < 1.29 is 17.9 Å². The van der Waals surface area contributed by atoms with E-state index in [0.717, 1.165) is 0 Å². The molecular weight excluding hydrogens is 257 g/mol. The topological polar surface area (TPSA) is 66.4 Å². The number of aliphatic hydroxyl groups excluding tert-OH is 1. The third kappa shape index (κ3) is 5.57. The van der Waals surface area contributed by atoms with Gasteiger partial charge in [-0.15, -0.1) is 0 Å². The highest BCUT2D eigenvalue weighted by molar-refractivity contribution is 7.88. The molecule has 1 rings (SSSR count). The predicted molar refractivity (Wildman–Crippen MR) is 67.9 cm³/mol. The fourth-order valence-corrected chi connectivity index (χ4v) is 2.60.